The van der Waals surface area contributed by atoms with Crippen molar-refractivity contribution in [1.29, 1.82) is 0 Å². The Morgan fingerprint density at radius 2 is 1.81 bits per heavy atom. The van der Waals surface area contributed by atoms with Crippen LogP contribution >= 0.6 is 15.9 Å². The molecule has 1 aromatic heterocycles. The van der Waals surface area contributed by atoms with E-state index in [0.717, 1.165) is 32.4 Å². The molecule has 0 unspecified atom stereocenters. The third-order valence-electron chi connectivity index (χ3n) is 5.04. The van der Waals surface area contributed by atoms with Crippen LogP contribution in [0.5, 0.6) is 0 Å². The molecule has 1 heterocycles. The Hall–Kier alpha value is -3.45. The fourth-order valence-corrected chi connectivity index (χ4v) is 3.87. The molecule has 0 aliphatic carbocycles. The highest BCUT2D eigenvalue weighted by Crippen LogP contribution is 2.21. The fraction of sp³-hybridized carbons (Fsp3) is 0.125. The van der Waals surface area contributed by atoms with Crippen LogP contribution in [0.1, 0.15) is 15.9 Å². The number of hydrogen-bond donors (Lipinski definition) is 1. The van der Waals surface area contributed by atoms with E-state index < -0.39 is 0 Å². The molecule has 0 spiro atoms. The maximum atomic E-state index is 12.8. The number of imidazole rings is 1. The summed E-state index contributed by atoms with van der Waals surface area (Å²) in [4.78, 5) is 31.0. The van der Waals surface area contributed by atoms with Crippen LogP contribution in [0.2, 0.25) is 0 Å². The van der Waals surface area contributed by atoms with Crippen molar-refractivity contribution in [3.63, 3.8) is 0 Å². The number of para-hydroxylation sites is 2. The SMILES string of the molecule is Cc1cc(Br)ccc1NC(=O)CN(C)C(=O)c1ccc(-n2cnc3ccccc32)cc1. The summed E-state index contributed by atoms with van der Waals surface area (Å²) >= 11 is 3.41. The first kappa shape index (κ1) is 20.8. The number of nitrogens with zero attached hydrogens (tertiary/aromatic N) is 3. The molecule has 2 amide bonds. The van der Waals surface area contributed by atoms with Gasteiger partial charge in [0.15, 0.2) is 0 Å². The van der Waals surface area contributed by atoms with E-state index in [4.69, 9.17) is 0 Å². The Balaban J connectivity index is 1.43. The quantitative estimate of drug-likeness (QED) is 0.449. The Morgan fingerprint density at radius 1 is 1.06 bits per heavy atom. The maximum absolute atomic E-state index is 12.8. The molecule has 4 aromatic rings. The summed E-state index contributed by atoms with van der Waals surface area (Å²) in [5, 5.41) is 2.86. The number of carbonyl (C=O) groups excluding carboxylic acids is 2. The Kier molecular flexibility index (Phi) is 5.86. The summed E-state index contributed by atoms with van der Waals surface area (Å²) in [6.45, 7) is 1.88. The summed E-state index contributed by atoms with van der Waals surface area (Å²) in [5.74, 6) is -0.465. The van der Waals surface area contributed by atoms with Crippen LogP contribution in [0.15, 0.2) is 77.5 Å². The number of aryl methyl sites for hydroxylation is 1. The Labute approximate surface area is 188 Å². The molecular formula is C24H21BrN4O2. The van der Waals surface area contributed by atoms with Gasteiger partial charge in [0, 0.05) is 28.5 Å². The predicted octanol–water partition coefficient (Wildman–Crippen LogP) is 4.81. The molecule has 156 valence electrons. The van der Waals surface area contributed by atoms with Gasteiger partial charge in [0.05, 0.1) is 17.6 Å². The first-order valence-corrected chi connectivity index (χ1v) is 10.6. The lowest BCUT2D eigenvalue weighted by molar-refractivity contribution is -0.116. The van der Waals surface area contributed by atoms with Gasteiger partial charge in [0.1, 0.15) is 6.33 Å². The van der Waals surface area contributed by atoms with Gasteiger partial charge in [-0.05, 0) is 67.1 Å². The van der Waals surface area contributed by atoms with Gasteiger partial charge in [-0.15, -0.1) is 0 Å². The molecule has 6 nitrogen and oxygen atoms in total. The third-order valence-corrected chi connectivity index (χ3v) is 5.53. The molecule has 1 N–H and O–H groups in total. The minimum atomic E-state index is -0.247. The van der Waals surface area contributed by atoms with Crippen molar-refractivity contribution < 1.29 is 9.59 Å². The largest absolute Gasteiger partial charge is 0.332 e. The number of aromatic nitrogens is 2. The summed E-state index contributed by atoms with van der Waals surface area (Å²) < 4.78 is 2.92. The number of anilines is 1. The first-order chi connectivity index (χ1) is 14.9. The van der Waals surface area contributed by atoms with Gasteiger partial charge in [0.2, 0.25) is 5.91 Å². The van der Waals surface area contributed by atoms with Gasteiger partial charge in [-0.1, -0.05) is 28.1 Å². The van der Waals surface area contributed by atoms with Crippen LogP contribution < -0.4 is 5.32 Å². The lowest BCUT2D eigenvalue weighted by Gasteiger charge is -2.18. The van der Waals surface area contributed by atoms with Crippen LogP contribution in [0, 0.1) is 6.92 Å². The van der Waals surface area contributed by atoms with Crippen LogP contribution in [-0.4, -0.2) is 39.9 Å². The number of halogens is 1. The number of likely N-dealkylation sites (N-methyl/N-ethyl adjacent to an activating group) is 1. The smallest absolute Gasteiger partial charge is 0.254 e. The van der Waals surface area contributed by atoms with Crippen molar-refractivity contribution in [3.05, 3.63) is 88.7 Å². The van der Waals surface area contributed by atoms with Crippen molar-refractivity contribution in [2.24, 2.45) is 0 Å². The lowest BCUT2D eigenvalue weighted by Crippen LogP contribution is -2.35. The summed E-state index contributed by atoms with van der Waals surface area (Å²) in [7, 11) is 1.62. The Morgan fingerprint density at radius 3 is 2.55 bits per heavy atom. The average molecular weight is 477 g/mol. The molecule has 0 saturated carbocycles. The van der Waals surface area contributed by atoms with Gasteiger partial charge >= 0.3 is 0 Å². The van der Waals surface area contributed by atoms with E-state index >= 15 is 0 Å². The summed E-state index contributed by atoms with van der Waals surface area (Å²) in [6, 6.07) is 20.8. The zero-order chi connectivity index (χ0) is 22.0. The molecule has 4 rings (SSSR count). The number of rotatable bonds is 5. The molecule has 7 heteroatoms. The molecule has 3 aromatic carbocycles. The number of hydrogen-bond acceptors (Lipinski definition) is 3. The lowest BCUT2D eigenvalue weighted by atomic mass is 10.1. The molecular weight excluding hydrogens is 456 g/mol. The van der Waals surface area contributed by atoms with Crippen molar-refractivity contribution in [3.8, 4) is 5.69 Å². The average Bonchev–Trinajstić information content (AvgIpc) is 3.19. The second-order valence-corrected chi connectivity index (χ2v) is 8.23. The second kappa shape index (κ2) is 8.73. The van der Waals surface area contributed by atoms with Crippen molar-refractivity contribution >= 4 is 44.5 Å². The topological polar surface area (TPSA) is 67.2 Å². The summed E-state index contributed by atoms with van der Waals surface area (Å²) in [5.41, 5.74) is 5.01. The van der Waals surface area contributed by atoms with E-state index in [0.29, 0.717) is 5.56 Å². The molecule has 31 heavy (non-hydrogen) atoms. The second-order valence-electron chi connectivity index (χ2n) is 7.32. The van der Waals surface area contributed by atoms with Gasteiger partial charge in [-0.2, -0.15) is 0 Å². The van der Waals surface area contributed by atoms with Gasteiger partial charge in [-0.25, -0.2) is 4.98 Å². The number of amides is 2. The van der Waals surface area contributed by atoms with E-state index in [-0.39, 0.29) is 18.4 Å². The fourth-order valence-electron chi connectivity index (χ4n) is 3.39. The number of nitrogens with one attached hydrogen (secondary N) is 1. The van der Waals surface area contributed by atoms with Gasteiger partial charge in [-0.3, -0.25) is 14.2 Å². The minimum absolute atomic E-state index is 0.0394. The van der Waals surface area contributed by atoms with Crippen molar-refractivity contribution in [2.75, 3.05) is 18.9 Å². The minimum Gasteiger partial charge on any atom is -0.332 e. The van der Waals surface area contributed by atoms with Crippen LogP contribution in [-0.2, 0) is 4.79 Å². The van der Waals surface area contributed by atoms with E-state index in [1.54, 1.807) is 25.5 Å². The zero-order valence-corrected chi connectivity index (χ0v) is 18.8. The Bertz CT molecular complexity index is 1260. The standard InChI is InChI=1S/C24H21BrN4O2/c1-16-13-18(25)9-12-20(16)27-23(30)14-28(2)24(31)17-7-10-19(11-8-17)29-15-26-21-5-3-4-6-22(21)29/h3-13,15H,14H2,1-2H3,(H,27,30). The van der Waals surface area contributed by atoms with Gasteiger partial charge in [0.25, 0.3) is 5.91 Å². The first-order valence-electron chi connectivity index (χ1n) is 9.76. The highest BCUT2D eigenvalue weighted by molar-refractivity contribution is 9.10. The zero-order valence-electron chi connectivity index (χ0n) is 17.2. The van der Waals surface area contributed by atoms with E-state index in [1.165, 1.54) is 4.90 Å². The monoisotopic (exact) mass is 476 g/mol. The predicted molar refractivity (Wildman–Crippen MR) is 126 cm³/mol. The molecule has 0 bridgehead atoms. The molecule has 0 aliphatic rings. The molecule has 0 saturated heterocycles. The van der Waals surface area contributed by atoms with E-state index in [9.17, 15) is 9.59 Å². The van der Waals surface area contributed by atoms with Crippen LogP contribution in [0.3, 0.4) is 0 Å². The number of benzene rings is 3. The molecule has 0 aliphatic heterocycles. The highest BCUT2D eigenvalue weighted by Gasteiger charge is 2.16. The molecule has 0 fully saturated rings. The van der Waals surface area contributed by atoms with Crippen LogP contribution in [0.4, 0.5) is 5.69 Å². The number of carbonyl (C=O) groups is 2. The van der Waals surface area contributed by atoms with Crippen molar-refractivity contribution in [1.82, 2.24) is 14.5 Å². The van der Waals surface area contributed by atoms with Gasteiger partial charge < -0.3 is 10.2 Å². The highest BCUT2D eigenvalue weighted by atomic mass is 79.9. The maximum Gasteiger partial charge on any atom is 0.254 e. The summed E-state index contributed by atoms with van der Waals surface area (Å²) in [6.07, 6.45) is 1.77. The van der Waals surface area contributed by atoms with E-state index in [1.807, 2.05) is 66.1 Å². The molecule has 0 radical (unpaired) electrons. The number of fused-ring (bicyclic) bond motifs is 1. The normalized spacial score (nSPS) is 10.8. The van der Waals surface area contributed by atoms with E-state index in [2.05, 4.69) is 26.2 Å². The van der Waals surface area contributed by atoms with Crippen LogP contribution in [0.25, 0.3) is 16.7 Å². The third kappa shape index (κ3) is 4.51. The molecule has 0 atom stereocenters. The van der Waals surface area contributed by atoms with Crippen molar-refractivity contribution in [2.45, 2.75) is 6.92 Å².